The molecule has 1 aromatic heterocycles. The topological polar surface area (TPSA) is 92.2 Å². The molecule has 0 aliphatic rings. The number of rotatable bonds is 5. The number of halogens is 2. The smallest absolute Gasteiger partial charge is 0.320 e. The number of carbonyl (C=O) groups excluding carboxylic acids is 3. The SMILES string of the molecule is CCc1ccccc1NC(=O)C(=O)Nn1c(C(=O)Nc2ccc(Br)cc2C)cc2cc(Br)ccc21. The lowest BCUT2D eigenvalue weighted by Crippen LogP contribution is -2.36. The van der Waals surface area contributed by atoms with Crippen molar-refractivity contribution in [1.82, 2.24) is 4.68 Å². The zero-order chi connectivity index (χ0) is 25.1. The van der Waals surface area contributed by atoms with Crippen LogP contribution in [0.5, 0.6) is 0 Å². The second-order valence-corrected chi connectivity index (χ2v) is 9.72. The molecule has 0 saturated heterocycles. The lowest BCUT2D eigenvalue weighted by atomic mass is 10.1. The number of nitrogens with zero attached hydrogens (tertiary/aromatic N) is 1. The Morgan fingerprint density at radius 1 is 0.829 bits per heavy atom. The van der Waals surface area contributed by atoms with Crippen LogP contribution < -0.4 is 16.1 Å². The molecule has 35 heavy (non-hydrogen) atoms. The highest BCUT2D eigenvalue weighted by Crippen LogP contribution is 2.25. The molecule has 0 aliphatic heterocycles. The first-order valence-electron chi connectivity index (χ1n) is 10.9. The van der Waals surface area contributed by atoms with Crippen LogP contribution in [0.2, 0.25) is 0 Å². The van der Waals surface area contributed by atoms with Crippen molar-refractivity contribution in [2.24, 2.45) is 0 Å². The van der Waals surface area contributed by atoms with Crippen LogP contribution in [0.3, 0.4) is 0 Å². The van der Waals surface area contributed by atoms with Gasteiger partial charge in [-0.2, -0.15) is 0 Å². The Bertz CT molecular complexity index is 1460. The standard InChI is InChI=1S/C26H22Br2N4O3/c1-3-16-6-4-5-7-21(16)30-25(34)26(35)31-32-22-11-9-19(28)13-17(22)14-23(32)24(33)29-20-10-8-18(27)12-15(20)2/h4-14H,3H2,1-2H3,(H,29,33)(H,30,34)(H,31,35). The molecule has 0 atom stereocenters. The summed E-state index contributed by atoms with van der Waals surface area (Å²) >= 11 is 6.85. The summed E-state index contributed by atoms with van der Waals surface area (Å²) in [5, 5.41) is 6.25. The number of carbonyl (C=O) groups is 3. The van der Waals surface area contributed by atoms with Gasteiger partial charge in [0, 0.05) is 25.7 Å². The molecule has 9 heteroatoms. The Kier molecular flexibility index (Phi) is 7.37. The summed E-state index contributed by atoms with van der Waals surface area (Å²) in [4.78, 5) is 38.8. The number of hydrogen-bond donors (Lipinski definition) is 3. The minimum Gasteiger partial charge on any atom is -0.320 e. The third-order valence-electron chi connectivity index (χ3n) is 5.50. The summed E-state index contributed by atoms with van der Waals surface area (Å²) in [6.07, 6.45) is 0.703. The molecule has 0 fully saturated rings. The summed E-state index contributed by atoms with van der Waals surface area (Å²) in [5.41, 5.74) is 6.32. The predicted octanol–water partition coefficient (Wildman–Crippen LogP) is 6.00. The summed E-state index contributed by atoms with van der Waals surface area (Å²) in [5.74, 6) is -2.16. The van der Waals surface area contributed by atoms with Crippen LogP contribution in [0.4, 0.5) is 11.4 Å². The molecule has 4 rings (SSSR count). The minimum absolute atomic E-state index is 0.176. The maximum absolute atomic E-state index is 13.2. The van der Waals surface area contributed by atoms with Crippen LogP contribution in [-0.2, 0) is 16.0 Å². The van der Waals surface area contributed by atoms with E-state index in [4.69, 9.17) is 0 Å². The molecular formula is C26H22Br2N4O3. The van der Waals surface area contributed by atoms with Gasteiger partial charge in [-0.05, 0) is 73.0 Å². The molecule has 1 heterocycles. The Labute approximate surface area is 219 Å². The van der Waals surface area contributed by atoms with E-state index in [1.165, 1.54) is 4.68 Å². The van der Waals surface area contributed by atoms with Gasteiger partial charge in [0.1, 0.15) is 5.69 Å². The molecule has 7 nitrogen and oxygen atoms in total. The highest BCUT2D eigenvalue weighted by molar-refractivity contribution is 9.10. The highest BCUT2D eigenvalue weighted by atomic mass is 79.9. The van der Waals surface area contributed by atoms with Gasteiger partial charge in [-0.25, -0.2) is 4.68 Å². The summed E-state index contributed by atoms with van der Waals surface area (Å²) in [6.45, 7) is 3.85. The fourth-order valence-corrected chi connectivity index (χ4v) is 4.56. The molecule has 3 N–H and O–H groups in total. The fourth-order valence-electron chi connectivity index (χ4n) is 3.71. The Morgan fingerprint density at radius 2 is 1.54 bits per heavy atom. The van der Waals surface area contributed by atoms with E-state index >= 15 is 0 Å². The van der Waals surface area contributed by atoms with Gasteiger partial charge in [0.15, 0.2) is 0 Å². The van der Waals surface area contributed by atoms with Gasteiger partial charge >= 0.3 is 11.8 Å². The molecule has 3 amide bonds. The summed E-state index contributed by atoms with van der Waals surface area (Å²) < 4.78 is 3.05. The second kappa shape index (κ2) is 10.5. The van der Waals surface area contributed by atoms with Gasteiger partial charge in [0.2, 0.25) is 0 Å². The van der Waals surface area contributed by atoms with Gasteiger partial charge in [-0.1, -0.05) is 57.0 Å². The van der Waals surface area contributed by atoms with Crippen molar-refractivity contribution in [3.63, 3.8) is 0 Å². The van der Waals surface area contributed by atoms with Crippen molar-refractivity contribution < 1.29 is 14.4 Å². The van der Waals surface area contributed by atoms with E-state index in [9.17, 15) is 14.4 Å². The third-order valence-corrected chi connectivity index (χ3v) is 6.49. The number of benzene rings is 3. The number of hydrogen-bond acceptors (Lipinski definition) is 3. The number of aryl methyl sites for hydroxylation is 2. The van der Waals surface area contributed by atoms with Crippen LogP contribution in [-0.4, -0.2) is 22.4 Å². The predicted molar refractivity (Wildman–Crippen MR) is 145 cm³/mol. The highest BCUT2D eigenvalue weighted by Gasteiger charge is 2.22. The molecular weight excluding hydrogens is 576 g/mol. The maximum Gasteiger partial charge on any atom is 0.328 e. The average Bonchev–Trinajstić information content (AvgIpc) is 3.18. The minimum atomic E-state index is -0.898. The number of para-hydroxylation sites is 1. The van der Waals surface area contributed by atoms with Gasteiger partial charge in [-0.15, -0.1) is 0 Å². The van der Waals surface area contributed by atoms with E-state index in [1.807, 2.05) is 44.2 Å². The van der Waals surface area contributed by atoms with E-state index in [0.29, 0.717) is 28.7 Å². The van der Waals surface area contributed by atoms with Gasteiger partial charge in [0.05, 0.1) is 5.52 Å². The molecule has 0 unspecified atom stereocenters. The maximum atomic E-state index is 13.2. The van der Waals surface area contributed by atoms with Crippen LogP contribution in [0.1, 0.15) is 28.5 Å². The number of anilines is 2. The van der Waals surface area contributed by atoms with E-state index < -0.39 is 17.7 Å². The van der Waals surface area contributed by atoms with Crippen molar-refractivity contribution in [3.05, 3.63) is 92.5 Å². The van der Waals surface area contributed by atoms with E-state index in [1.54, 1.807) is 36.4 Å². The van der Waals surface area contributed by atoms with Crippen LogP contribution in [0.25, 0.3) is 10.9 Å². The summed E-state index contributed by atoms with van der Waals surface area (Å²) in [6, 6.07) is 19.8. The molecule has 3 aromatic carbocycles. The van der Waals surface area contributed by atoms with Gasteiger partial charge < -0.3 is 10.6 Å². The van der Waals surface area contributed by atoms with E-state index in [-0.39, 0.29) is 5.69 Å². The Hall–Kier alpha value is -3.43. The molecule has 0 radical (unpaired) electrons. The number of nitrogens with one attached hydrogen (secondary N) is 3. The van der Waals surface area contributed by atoms with Gasteiger partial charge in [-0.3, -0.25) is 19.8 Å². The average molecular weight is 598 g/mol. The first kappa shape index (κ1) is 24.7. The van der Waals surface area contributed by atoms with Crippen LogP contribution >= 0.6 is 31.9 Å². The molecule has 0 bridgehead atoms. The molecule has 0 spiro atoms. The van der Waals surface area contributed by atoms with E-state index in [2.05, 4.69) is 47.9 Å². The van der Waals surface area contributed by atoms with Gasteiger partial charge in [0.25, 0.3) is 5.91 Å². The lowest BCUT2D eigenvalue weighted by Gasteiger charge is -2.14. The van der Waals surface area contributed by atoms with Crippen LogP contribution in [0, 0.1) is 6.92 Å². The monoisotopic (exact) mass is 596 g/mol. The Balaban J connectivity index is 1.64. The van der Waals surface area contributed by atoms with Crippen molar-refractivity contribution in [1.29, 1.82) is 0 Å². The van der Waals surface area contributed by atoms with Crippen molar-refractivity contribution >= 4 is 71.9 Å². The molecule has 178 valence electrons. The normalized spacial score (nSPS) is 10.7. The number of fused-ring (bicyclic) bond motifs is 1. The van der Waals surface area contributed by atoms with E-state index in [0.717, 1.165) is 20.1 Å². The zero-order valence-corrected chi connectivity index (χ0v) is 22.2. The zero-order valence-electron chi connectivity index (χ0n) is 19.0. The number of aromatic nitrogens is 1. The molecule has 0 saturated carbocycles. The first-order chi connectivity index (χ1) is 16.8. The summed E-state index contributed by atoms with van der Waals surface area (Å²) in [7, 11) is 0. The molecule has 0 aliphatic carbocycles. The van der Waals surface area contributed by atoms with Crippen LogP contribution in [0.15, 0.2) is 75.7 Å². The lowest BCUT2D eigenvalue weighted by molar-refractivity contribution is -0.133. The first-order valence-corrected chi connectivity index (χ1v) is 12.4. The fraction of sp³-hybridized carbons (Fsp3) is 0.115. The molecule has 4 aromatic rings. The number of amides is 3. The third kappa shape index (κ3) is 5.47. The quantitative estimate of drug-likeness (QED) is 0.246. The van der Waals surface area contributed by atoms with Crippen molar-refractivity contribution in [2.75, 3.05) is 16.1 Å². The van der Waals surface area contributed by atoms with Crippen molar-refractivity contribution in [3.8, 4) is 0 Å². The largest absolute Gasteiger partial charge is 0.328 e. The van der Waals surface area contributed by atoms with Crippen molar-refractivity contribution in [2.45, 2.75) is 20.3 Å². The Morgan fingerprint density at radius 3 is 2.29 bits per heavy atom. The second-order valence-electron chi connectivity index (χ2n) is 7.89.